The first-order chi connectivity index (χ1) is 13.6. The van der Waals surface area contributed by atoms with Crippen molar-refractivity contribution in [2.24, 2.45) is 5.41 Å². The number of hydrogen-bond acceptors (Lipinski definition) is 4. The largest absolute Gasteiger partial charge is 0.490 e. The summed E-state index contributed by atoms with van der Waals surface area (Å²) in [6, 6.07) is 12.5. The van der Waals surface area contributed by atoms with Crippen LogP contribution in [-0.2, 0) is 20.6 Å². The molecule has 0 fully saturated rings. The molecule has 0 aromatic heterocycles. The molecule has 29 heavy (non-hydrogen) atoms. The van der Waals surface area contributed by atoms with Crippen LogP contribution in [0.4, 0.5) is 11.4 Å². The number of carbonyl (C=O) groups excluding carboxylic acids is 1. The molecule has 2 aromatic carbocycles. The molecule has 156 valence electrons. The molecule has 7 heteroatoms. The highest BCUT2D eigenvalue weighted by molar-refractivity contribution is 7.91. The Morgan fingerprint density at radius 1 is 1.17 bits per heavy atom. The molecule has 1 N–H and O–H groups in total. The minimum absolute atomic E-state index is 0.0298. The van der Waals surface area contributed by atoms with Gasteiger partial charge in [-0.05, 0) is 51.0 Å². The van der Waals surface area contributed by atoms with Gasteiger partial charge in [-0.2, -0.15) is 0 Å². The van der Waals surface area contributed by atoms with Crippen LogP contribution in [0.3, 0.4) is 0 Å². The van der Waals surface area contributed by atoms with E-state index in [0.717, 1.165) is 17.5 Å². The van der Waals surface area contributed by atoms with Gasteiger partial charge in [-0.15, -0.1) is 0 Å². The summed E-state index contributed by atoms with van der Waals surface area (Å²) in [4.78, 5) is 14.7. The third-order valence-electron chi connectivity index (χ3n) is 4.82. The van der Waals surface area contributed by atoms with Crippen molar-refractivity contribution in [3.63, 3.8) is 0 Å². The fraction of sp³-hybridized carbons (Fsp3) is 0.409. The summed E-state index contributed by atoms with van der Waals surface area (Å²) >= 11 is 0. The van der Waals surface area contributed by atoms with E-state index in [-0.39, 0.29) is 18.3 Å². The zero-order chi connectivity index (χ0) is 21.2. The molecule has 0 saturated heterocycles. The van der Waals surface area contributed by atoms with Crippen LogP contribution in [0.2, 0.25) is 0 Å². The third kappa shape index (κ3) is 4.90. The number of benzene rings is 2. The Balaban J connectivity index is 1.89. The van der Waals surface area contributed by atoms with Gasteiger partial charge in [0.25, 0.3) is 0 Å². The zero-order valence-electron chi connectivity index (χ0n) is 17.4. The van der Waals surface area contributed by atoms with Crippen molar-refractivity contribution in [2.45, 2.75) is 39.9 Å². The van der Waals surface area contributed by atoms with E-state index in [9.17, 15) is 13.2 Å². The Labute approximate surface area is 172 Å². The molecule has 1 heterocycles. The second-order valence-corrected chi connectivity index (χ2v) is 9.88. The molecule has 0 atom stereocenters. The highest BCUT2D eigenvalue weighted by atomic mass is 32.2. The van der Waals surface area contributed by atoms with Crippen molar-refractivity contribution in [1.82, 2.24) is 0 Å². The molecule has 3 rings (SSSR count). The molecule has 2 aromatic rings. The number of fused-ring (bicyclic) bond motifs is 1. The molecule has 1 amide bonds. The van der Waals surface area contributed by atoms with Crippen LogP contribution in [0.25, 0.3) is 0 Å². The average molecular weight is 417 g/mol. The highest BCUT2D eigenvalue weighted by Gasteiger charge is 2.37. The van der Waals surface area contributed by atoms with Crippen molar-refractivity contribution >= 4 is 27.3 Å². The lowest BCUT2D eigenvalue weighted by molar-refractivity contribution is -0.127. The number of hydrogen-bond donors (Lipinski definition) is 1. The number of carbonyl (C=O) groups is 1. The van der Waals surface area contributed by atoms with Gasteiger partial charge in [0.05, 0.1) is 22.5 Å². The van der Waals surface area contributed by atoms with Gasteiger partial charge in [0.15, 0.2) is 0 Å². The summed E-state index contributed by atoms with van der Waals surface area (Å²) in [6.07, 6.45) is 0.782. The van der Waals surface area contributed by atoms with Crippen molar-refractivity contribution < 1.29 is 17.9 Å². The molecule has 0 saturated carbocycles. The average Bonchev–Trinajstić information content (AvgIpc) is 2.71. The second-order valence-electron chi connectivity index (χ2n) is 8.16. The van der Waals surface area contributed by atoms with E-state index in [1.54, 1.807) is 29.2 Å². The highest BCUT2D eigenvalue weighted by Crippen LogP contribution is 2.38. The molecule has 0 aliphatic carbocycles. The molecule has 0 radical (unpaired) electrons. The molecule has 1 aliphatic heterocycles. The summed E-state index contributed by atoms with van der Waals surface area (Å²) in [7, 11) is -3.60. The molecule has 0 bridgehead atoms. The van der Waals surface area contributed by atoms with Crippen LogP contribution < -0.4 is 14.4 Å². The maximum Gasteiger partial charge on any atom is 0.236 e. The van der Waals surface area contributed by atoms with E-state index in [0.29, 0.717) is 23.7 Å². The lowest BCUT2D eigenvalue weighted by atomic mass is 9.93. The lowest BCUT2D eigenvalue weighted by Gasteiger charge is -2.28. The van der Waals surface area contributed by atoms with Crippen LogP contribution in [0.1, 0.15) is 38.3 Å². The lowest BCUT2D eigenvalue weighted by Crippen LogP contribution is -2.42. The first-order valence-corrected chi connectivity index (χ1v) is 11.4. The standard InChI is InChI=1S/C22H28N2O4S/c1-5-11-24-19-13-18(9-10-20(19)28-15-22(3,4)21(24)25)23-29(26,27)14-17-8-6-7-16(2)12-17/h6-10,12-13,23H,5,11,14-15H2,1-4H3. The predicted molar refractivity (Wildman–Crippen MR) is 116 cm³/mol. The minimum atomic E-state index is -3.60. The topological polar surface area (TPSA) is 75.7 Å². The van der Waals surface area contributed by atoms with Gasteiger partial charge in [-0.3, -0.25) is 9.52 Å². The van der Waals surface area contributed by atoms with Gasteiger partial charge in [0.1, 0.15) is 12.4 Å². The maximum atomic E-state index is 13.0. The third-order valence-corrected chi connectivity index (χ3v) is 6.08. The van der Waals surface area contributed by atoms with E-state index in [4.69, 9.17) is 4.74 Å². The number of rotatable bonds is 6. The first-order valence-electron chi connectivity index (χ1n) is 9.76. The zero-order valence-corrected chi connectivity index (χ0v) is 18.2. The van der Waals surface area contributed by atoms with Gasteiger partial charge >= 0.3 is 0 Å². The van der Waals surface area contributed by atoms with Crippen LogP contribution in [0.5, 0.6) is 5.75 Å². The van der Waals surface area contributed by atoms with Gasteiger partial charge < -0.3 is 9.64 Å². The summed E-state index contributed by atoms with van der Waals surface area (Å²) in [6.45, 7) is 8.46. The smallest absolute Gasteiger partial charge is 0.236 e. The molecular weight excluding hydrogens is 388 g/mol. The first kappa shape index (κ1) is 21.2. The van der Waals surface area contributed by atoms with Crippen LogP contribution in [0.15, 0.2) is 42.5 Å². The summed E-state index contributed by atoms with van der Waals surface area (Å²) in [5.74, 6) is 0.435. The molecular formula is C22H28N2O4S. The van der Waals surface area contributed by atoms with Crippen LogP contribution >= 0.6 is 0 Å². The molecule has 0 spiro atoms. The molecule has 6 nitrogen and oxygen atoms in total. The fourth-order valence-electron chi connectivity index (χ4n) is 3.39. The van der Waals surface area contributed by atoms with E-state index in [1.807, 2.05) is 45.9 Å². The maximum absolute atomic E-state index is 13.0. The van der Waals surface area contributed by atoms with E-state index in [2.05, 4.69) is 4.72 Å². The Morgan fingerprint density at radius 2 is 1.93 bits per heavy atom. The van der Waals surface area contributed by atoms with Crippen molar-refractivity contribution in [3.05, 3.63) is 53.6 Å². The van der Waals surface area contributed by atoms with Gasteiger partial charge in [-0.25, -0.2) is 8.42 Å². The summed E-state index contributed by atoms with van der Waals surface area (Å²) in [5.41, 5.74) is 2.09. The second kappa shape index (κ2) is 8.06. The van der Waals surface area contributed by atoms with Crippen molar-refractivity contribution in [1.29, 1.82) is 0 Å². The number of nitrogens with zero attached hydrogens (tertiary/aromatic N) is 1. The Morgan fingerprint density at radius 3 is 2.62 bits per heavy atom. The summed E-state index contributed by atoms with van der Waals surface area (Å²) < 4.78 is 33.8. The van der Waals surface area contributed by atoms with E-state index in [1.165, 1.54) is 0 Å². The fourth-order valence-corrected chi connectivity index (χ4v) is 4.57. The van der Waals surface area contributed by atoms with Gasteiger partial charge in [-0.1, -0.05) is 36.8 Å². The number of sulfonamides is 1. The normalized spacial score (nSPS) is 16.0. The van der Waals surface area contributed by atoms with Crippen molar-refractivity contribution in [3.8, 4) is 5.75 Å². The monoisotopic (exact) mass is 416 g/mol. The van der Waals surface area contributed by atoms with Crippen LogP contribution in [-0.4, -0.2) is 27.5 Å². The number of aryl methyl sites for hydroxylation is 1. The molecule has 1 aliphatic rings. The van der Waals surface area contributed by atoms with Gasteiger partial charge in [0.2, 0.25) is 15.9 Å². The number of anilines is 2. The summed E-state index contributed by atoms with van der Waals surface area (Å²) in [5, 5.41) is 0. The predicted octanol–water partition coefficient (Wildman–Crippen LogP) is 4.10. The van der Waals surface area contributed by atoms with E-state index < -0.39 is 15.4 Å². The van der Waals surface area contributed by atoms with Gasteiger partial charge in [0, 0.05) is 6.54 Å². The van der Waals surface area contributed by atoms with E-state index >= 15 is 0 Å². The van der Waals surface area contributed by atoms with Crippen molar-refractivity contribution in [2.75, 3.05) is 22.8 Å². The Hall–Kier alpha value is -2.54. The number of nitrogens with one attached hydrogen (secondary N) is 1. The number of ether oxygens (including phenoxy) is 1. The Kier molecular flexibility index (Phi) is 5.89. The quantitative estimate of drug-likeness (QED) is 0.769. The number of amides is 1. The molecule has 0 unspecified atom stereocenters. The SMILES string of the molecule is CCCN1C(=O)C(C)(C)COc2ccc(NS(=O)(=O)Cc3cccc(C)c3)cc21. The Bertz CT molecular complexity index is 1020. The minimum Gasteiger partial charge on any atom is -0.490 e. The van der Waals surface area contributed by atoms with Crippen LogP contribution in [0, 0.1) is 12.3 Å².